The van der Waals surface area contributed by atoms with E-state index in [1.165, 1.54) is 0 Å². The first-order valence-corrected chi connectivity index (χ1v) is 4.32. The molecule has 1 nitrogen and oxygen atoms in total. The van der Waals surface area contributed by atoms with Gasteiger partial charge in [0.05, 0.1) is 5.41 Å². The highest BCUT2D eigenvalue weighted by Gasteiger charge is 2.52. The van der Waals surface area contributed by atoms with Gasteiger partial charge in [-0.15, -0.1) is 0 Å². The molecule has 0 bridgehead atoms. The van der Waals surface area contributed by atoms with Crippen molar-refractivity contribution >= 4 is 0 Å². The Bertz CT molecular complexity index is 161. The molecule has 1 atom stereocenters. The van der Waals surface area contributed by atoms with Crippen molar-refractivity contribution in [2.45, 2.75) is 33.9 Å². The van der Waals surface area contributed by atoms with E-state index in [0.29, 0.717) is 0 Å². The number of hydrogen-bond donors (Lipinski definition) is 1. The SMILES string of the molecule is CC(C)C(CO)C(C)(C)C(F)(F)F. The standard InChI is InChI=1S/C9H17F3O/c1-6(2)7(5-13)8(3,4)9(10,11)12/h6-7,13H,5H2,1-4H3. The van der Waals surface area contributed by atoms with Gasteiger partial charge in [0, 0.05) is 6.61 Å². The number of aliphatic hydroxyl groups is 1. The van der Waals surface area contributed by atoms with Crippen LogP contribution in [-0.2, 0) is 0 Å². The Labute approximate surface area is 76.9 Å². The summed E-state index contributed by atoms with van der Waals surface area (Å²) in [5.41, 5.74) is -1.82. The summed E-state index contributed by atoms with van der Waals surface area (Å²) in [5, 5.41) is 8.90. The van der Waals surface area contributed by atoms with Gasteiger partial charge in [0.1, 0.15) is 0 Å². The van der Waals surface area contributed by atoms with E-state index >= 15 is 0 Å². The Morgan fingerprint density at radius 2 is 1.54 bits per heavy atom. The lowest BCUT2D eigenvalue weighted by atomic mass is 9.73. The molecule has 0 heterocycles. The zero-order valence-corrected chi connectivity index (χ0v) is 8.44. The number of rotatable bonds is 3. The van der Waals surface area contributed by atoms with Crippen molar-refractivity contribution in [2.24, 2.45) is 17.3 Å². The van der Waals surface area contributed by atoms with E-state index in [2.05, 4.69) is 0 Å². The first kappa shape index (κ1) is 12.8. The fourth-order valence-corrected chi connectivity index (χ4v) is 1.48. The third-order valence-electron chi connectivity index (χ3n) is 2.66. The Morgan fingerprint density at radius 1 is 1.15 bits per heavy atom. The van der Waals surface area contributed by atoms with Gasteiger partial charge in [0.2, 0.25) is 0 Å². The summed E-state index contributed by atoms with van der Waals surface area (Å²) in [5.74, 6) is -0.922. The number of hydrogen-bond acceptors (Lipinski definition) is 1. The normalized spacial score (nSPS) is 16.4. The van der Waals surface area contributed by atoms with Crippen LogP contribution in [0.2, 0.25) is 0 Å². The molecule has 1 N–H and O–H groups in total. The first-order chi connectivity index (χ1) is 5.64. The lowest BCUT2D eigenvalue weighted by Crippen LogP contribution is -2.43. The molecule has 80 valence electrons. The van der Waals surface area contributed by atoms with Crippen molar-refractivity contribution in [1.29, 1.82) is 0 Å². The highest BCUT2D eigenvalue weighted by molar-refractivity contribution is 4.86. The molecule has 0 fully saturated rings. The topological polar surface area (TPSA) is 20.2 Å². The molecule has 0 aromatic carbocycles. The Morgan fingerprint density at radius 3 is 1.62 bits per heavy atom. The summed E-state index contributed by atoms with van der Waals surface area (Å²) in [4.78, 5) is 0. The molecule has 0 aliphatic heterocycles. The van der Waals surface area contributed by atoms with E-state index in [-0.39, 0.29) is 5.92 Å². The number of aliphatic hydroxyl groups excluding tert-OH is 1. The maximum Gasteiger partial charge on any atom is 0.394 e. The summed E-state index contributed by atoms with van der Waals surface area (Å²) in [6.45, 7) is 5.22. The largest absolute Gasteiger partial charge is 0.396 e. The van der Waals surface area contributed by atoms with E-state index in [1.54, 1.807) is 13.8 Å². The van der Waals surface area contributed by atoms with Gasteiger partial charge >= 0.3 is 6.18 Å². The molecule has 0 saturated heterocycles. The van der Waals surface area contributed by atoms with Crippen molar-refractivity contribution in [3.8, 4) is 0 Å². The molecule has 0 radical (unpaired) electrons. The molecule has 0 aromatic heterocycles. The lowest BCUT2D eigenvalue weighted by molar-refractivity contribution is -0.238. The predicted molar refractivity (Wildman–Crippen MR) is 45.2 cm³/mol. The summed E-state index contributed by atoms with van der Waals surface area (Å²) in [6, 6.07) is 0. The molecule has 0 aliphatic carbocycles. The van der Waals surface area contributed by atoms with Crippen LogP contribution in [0.3, 0.4) is 0 Å². The average molecular weight is 198 g/mol. The predicted octanol–water partition coefficient (Wildman–Crippen LogP) is 2.84. The third-order valence-corrected chi connectivity index (χ3v) is 2.66. The molecule has 1 unspecified atom stereocenters. The fraction of sp³-hybridized carbons (Fsp3) is 1.00. The monoisotopic (exact) mass is 198 g/mol. The minimum atomic E-state index is -4.26. The molecule has 0 rings (SSSR count). The minimum absolute atomic E-state index is 0.179. The Hall–Kier alpha value is -0.250. The van der Waals surface area contributed by atoms with E-state index in [0.717, 1.165) is 13.8 Å². The quantitative estimate of drug-likeness (QED) is 0.739. The zero-order chi connectivity index (χ0) is 10.9. The molecule has 0 amide bonds. The van der Waals surface area contributed by atoms with Crippen LogP contribution in [0.4, 0.5) is 13.2 Å². The summed E-state index contributed by atoms with van der Waals surface area (Å²) in [6.07, 6.45) is -4.26. The highest BCUT2D eigenvalue weighted by atomic mass is 19.4. The van der Waals surface area contributed by atoms with Gasteiger partial charge in [-0.3, -0.25) is 0 Å². The molecule has 0 aromatic rings. The van der Waals surface area contributed by atoms with E-state index in [4.69, 9.17) is 5.11 Å². The minimum Gasteiger partial charge on any atom is -0.396 e. The van der Waals surface area contributed by atoms with Crippen molar-refractivity contribution < 1.29 is 18.3 Å². The van der Waals surface area contributed by atoms with Crippen LogP contribution in [0.25, 0.3) is 0 Å². The van der Waals surface area contributed by atoms with Gasteiger partial charge in [0.25, 0.3) is 0 Å². The second-order valence-corrected chi connectivity index (χ2v) is 4.25. The molecule has 0 spiro atoms. The fourth-order valence-electron chi connectivity index (χ4n) is 1.48. The van der Waals surface area contributed by atoms with Crippen molar-refractivity contribution in [3.05, 3.63) is 0 Å². The third kappa shape index (κ3) is 2.59. The first-order valence-electron chi connectivity index (χ1n) is 4.32. The molecule has 0 saturated carbocycles. The zero-order valence-electron chi connectivity index (χ0n) is 8.44. The second-order valence-electron chi connectivity index (χ2n) is 4.25. The van der Waals surface area contributed by atoms with Crippen LogP contribution in [0.1, 0.15) is 27.7 Å². The van der Waals surface area contributed by atoms with Gasteiger partial charge < -0.3 is 5.11 Å². The molecule has 4 heteroatoms. The van der Waals surface area contributed by atoms with E-state index in [1.807, 2.05) is 0 Å². The average Bonchev–Trinajstić information content (AvgIpc) is 1.83. The van der Waals surface area contributed by atoms with E-state index < -0.39 is 24.1 Å². The van der Waals surface area contributed by atoms with Crippen LogP contribution in [0, 0.1) is 17.3 Å². The maximum atomic E-state index is 12.5. The van der Waals surface area contributed by atoms with Crippen LogP contribution in [0.15, 0.2) is 0 Å². The van der Waals surface area contributed by atoms with Crippen molar-refractivity contribution in [3.63, 3.8) is 0 Å². The van der Waals surface area contributed by atoms with Crippen molar-refractivity contribution in [1.82, 2.24) is 0 Å². The van der Waals surface area contributed by atoms with Crippen LogP contribution >= 0.6 is 0 Å². The molecule has 13 heavy (non-hydrogen) atoms. The van der Waals surface area contributed by atoms with E-state index in [9.17, 15) is 13.2 Å². The smallest absolute Gasteiger partial charge is 0.394 e. The summed E-state index contributed by atoms with van der Waals surface area (Å²) >= 11 is 0. The van der Waals surface area contributed by atoms with Gasteiger partial charge in [-0.05, 0) is 11.8 Å². The van der Waals surface area contributed by atoms with Crippen LogP contribution < -0.4 is 0 Å². The van der Waals surface area contributed by atoms with Crippen molar-refractivity contribution in [2.75, 3.05) is 6.61 Å². The summed E-state index contributed by atoms with van der Waals surface area (Å²) in [7, 11) is 0. The van der Waals surface area contributed by atoms with Crippen LogP contribution in [-0.4, -0.2) is 17.9 Å². The molecular weight excluding hydrogens is 181 g/mol. The lowest BCUT2D eigenvalue weighted by Gasteiger charge is -2.37. The van der Waals surface area contributed by atoms with Gasteiger partial charge in [0.15, 0.2) is 0 Å². The Balaban J connectivity index is 4.78. The van der Waals surface area contributed by atoms with Gasteiger partial charge in [-0.2, -0.15) is 13.2 Å². The maximum absolute atomic E-state index is 12.5. The van der Waals surface area contributed by atoms with Gasteiger partial charge in [-0.1, -0.05) is 27.7 Å². The van der Waals surface area contributed by atoms with Crippen LogP contribution in [0.5, 0.6) is 0 Å². The highest BCUT2D eigenvalue weighted by Crippen LogP contribution is 2.45. The number of alkyl halides is 3. The summed E-state index contributed by atoms with van der Waals surface area (Å²) < 4.78 is 37.6. The molecular formula is C9H17F3O. The Kier molecular flexibility index (Phi) is 3.79. The van der Waals surface area contributed by atoms with Gasteiger partial charge in [-0.25, -0.2) is 0 Å². The number of halogens is 3. The second kappa shape index (κ2) is 3.86. The molecule has 0 aliphatic rings.